The van der Waals surface area contributed by atoms with E-state index in [1.54, 1.807) is 26.0 Å². The van der Waals surface area contributed by atoms with Crippen LogP contribution in [0, 0.1) is 12.8 Å². The first-order valence-corrected chi connectivity index (χ1v) is 6.92. The van der Waals surface area contributed by atoms with E-state index in [0.29, 0.717) is 0 Å². The van der Waals surface area contributed by atoms with Crippen LogP contribution in [0.4, 0.5) is 0 Å². The van der Waals surface area contributed by atoms with Crippen LogP contribution in [0.3, 0.4) is 0 Å². The molecule has 8 heteroatoms. The molecule has 0 N–H and O–H groups in total. The van der Waals surface area contributed by atoms with E-state index in [0.717, 1.165) is 5.56 Å². The summed E-state index contributed by atoms with van der Waals surface area (Å²) in [6.07, 6.45) is 0. The molecule has 20 heavy (non-hydrogen) atoms. The number of halogens is 1. The number of hydrogen-bond acceptors (Lipinski definition) is 4. The number of aliphatic carboxylic acids is 1. The van der Waals surface area contributed by atoms with Crippen molar-refractivity contribution < 1.29 is 30.7 Å². The van der Waals surface area contributed by atoms with E-state index < -0.39 is 28.0 Å². The number of benzene rings is 1. The molecule has 0 aliphatic carbocycles. The van der Waals surface area contributed by atoms with Crippen LogP contribution < -0.4 is 17.5 Å². The first-order valence-electron chi connectivity index (χ1n) is 5.48. The topological polar surface area (TPSA) is 88.4 Å². The maximum absolute atomic E-state index is 11.9. The molecule has 0 aliphatic rings. The van der Waals surface area contributed by atoms with Gasteiger partial charge >= 0.3 is 17.4 Å². The fourth-order valence-corrected chi connectivity index (χ4v) is 2.59. The quantitative estimate of drug-likeness (QED) is 0.556. The molecular formula is C12H15AlClNO4S. The van der Waals surface area contributed by atoms with Gasteiger partial charge in [-0.3, -0.25) is 0 Å². The van der Waals surface area contributed by atoms with Gasteiger partial charge < -0.3 is 27.0 Å². The smallest absolute Gasteiger partial charge is 1.00 e. The van der Waals surface area contributed by atoms with E-state index in [1.165, 1.54) is 12.1 Å². The van der Waals surface area contributed by atoms with Crippen LogP contribution in [0.15, 0.2) is 29.2 Å². The molecule has 1 aromatic carbocycles. The molecule has 1 atom stereocenters. The van der Waals surface area contributed by atoms with Crippen molar-refractivity contribution in [1.29, 1.82) is 0 Å². The molecule has 5 nitrogen and oxygen atoms in total. The fourth-order valence-electron chi connectivity index (χ4n) is 1.36. The number of carboxylic acid groups (broad SMARTS) is 1. The Morgan fingerprint density at radius 2 is 1.65 bits per heavy atom. The van der Waals surface area contributed by atoms with Crippen LogP contribution in [0.25, 0.3) is 4.72 Å². The summed E-state index contributed by atoms with van der Waals surface area (Å²) in [5, 5.41) is 10.8. The van der Waals surface area contributed by atoms with Crippen molar-refractivity contribution in [3.05, 3.63) is 34.6 Å². The summed E-state index contributed by atoms with van der Waals surface area (Å²) >= 11 is 0. The number of nitrogens with zero attached hydrogens (tertiary/aromatic N) is 1. The molecule has 0 bridgehead atoms. The molecule has 1 rings (SSSR count). The van der Waals surface area contributed by atoms with E-state index in [-0.39, 0.29) is 34.7 Å². The zero-order chi connectivity index (χ0) is 13.9. The molecule has 0 aliphatic heterocycles. The molecule has 0 spiro atoms. The summed E-state index contributed by atoms with van der Waals surface area (Å²) in [6, 6.07) is 4.70. The van der Waals surface area contributed by atoms with Gasteiger partial charge in [0, 0.05) is 10.9 Å². The molecule has 0 unspecified atom stereocenters. The number of carbonyl (C=O) groups excluding carboxylic acids is 1. The van der Waals surface area contributed by atoms with Gasteiger partial charge in [0.15, 0.2) is 0 Å². The van der Waals surface area contributed by atoms with Crippen molar-refractivity contribution in [2.45, 2.75) is 31.7 Å². The van der Waals surface area contributed by atoms with Crippen molar-refractivity contribution >= 4 is 33.4 Å². The minimum atomic E-state index is -3.96. The van der Waals surface area contributed by atoms with Gasteiger partial charge in [-0.15, -0.1) is 0 Å². The van der Waals surface area contributed by atoms with Crippen LogP contribution in [0.5, 0.6) is 0 Å². The summed E-state index contributed by atoms with van der Waals surface area (Å²) in [4.78, 5) is 10.8. The molecule has 0 fully saturated rings. The van der Waals surface area contributed by atoms with Gasteiger partial charge in [-0.2, -0.15) is 0 Å². The Kier molecular flexibility index (Phi) is 9.39. The third kappa shape index (κ3) is 5.82. The average molecular weight is 332 g/mol. The molecular weight excluding hydrogens is 317 g/mol. The van der Waals surface area contributed by atoms with Crippen LogP contribution in [-0.4, -0.2) is 37.8 Å². The van der Waals surface area contributed by atoms with Crippen molar-refractivity contribution in [2.24, 2.45) is 5.92 Å². The minimum absolute atomic E-state index is 0. The van der Waals surface area contributed by atoms with E-state index in [9.17, 15) is 18.3 Å². The van der Waals surface area contributed by atoms with Gasteiger partial charge in [0.05, 0.1) is 0 Å². The Morgan fingerprint density at radius 1 is 1.20 bits per heavy atom. The first-order chi connectivity index (χ1) is 8.24. The molecule has 1 aromatic rings. The summed E-state index contributed by atoms with van der Waals surface area (Å²) in [5.74, 6) is -1.93. The van der Waals surface area contributed by atoms with Gasteiger partial charge in [0.2, 0.25) is 0 Å². The maximum Gasteiger partial charge on any atom is 3.00 e. The second kappa shape index (κ2) is 8.65. The van der Waals surface area contributed by atoms with Crippen molar-refractivity contribution in [3.8, 4) is 0 Å². The molecule has 0 aromatic heterocycles. The molecule has 0 heterocycles. The minimum Gasteiger partial charge on any atom is -1.00 e. The molecule has 0 radical (unpaired) electrons. The molecule has 0 saturated carbocycles. The Morgan fingerprint density at radius 3 is 2.00 bits per heavy atom. The van der Waals surface area contributed by atoms with E-state index in [1.807, 2.05) is 6.92 Å². The van der Waals surface area contributed by atoms with Crippen molar-refractivity contribution in [2.75, 3.05) is 0 Å². The second-order valence-corrected chi connectivity index (χ2v) is 6.03. The Bertz CT molecular complexity index is 531. The number of aryl methyl sites for hydroxylation is 1. The predicted octanol–water partition coefficient (Wildman–Crippen LogP) is -2.54. The van der Waals surface area contributed by atoms with Gasteiger partial charge in [-0.05, 0) is 19.1 Å². The summed E-state index contributed by atoms with van der Waals surface area (Å²) < 4.78 is 27.2. The van der Waals surface area contributed by atoms with Gasteiger partial charge in [0.25, 0.3) is 0 Å². The molecule has 108 valence electrons. The van der Waals surface area contributed by atoms with Crippen molar-refractivity contribution in [3.63, 3.8) is 0 Å². The summed E-state index contributed by atoms with van der Waals surface area (Å²) in [7, 11) is -3.96. The van der Waals surface area contributed by atoms with Crippen LogP contribution in [0.1, 0.15) is 19.4 Å². The number of sulfonamides is 1. The largest absolute Gasteiger partial charge is 3.00 e. The standard InChI is InChI=1S/C12H16NO4S.Al.ClH/c1-8(2)11(12(14)15)13-18(16,17)10-6-4-9(3)5-7-10;;/h4-8,11H,1-3H3,(H,14,15);;1H/q-1;+3;/p-2/t11-;;/m0../s1. The molecule has 0 amide bonds. The van der Waals surface area contributed by atoms with E-state index in [4.69, 9.17) is 0 Å². The normalized spacial score (nSPS) is 12.2. The fraction of sp³-hybridized carbons (Fsp3) is 0.417. The Balaban J connectivity index is 0. The van der Waals surface area contributed by atoms with Crippen molar-refractivity contribution in [1.82, 2.24) is 0 Å². The van der Waals surface area contributed by atoms with Crippen LogP contribution in [-0.2, 0) is 14.8 Å². The number of carboxylic acids is 1. The Hall–Kier alpha value is -0.578. The molecule has 0 saturated heterocycles. The first kappa shape index (κ1) is 21.7. The Labute approximate surface area is 136 Å². The SMILES string of the molecule is Cc1ccc(S(=O)(=O)[N-][C@H](C(=O)[O-])C(C)C)cc1.[Al+3].[Cl-]. The van der Waals surface area contributed by atoms with Gasteiger partial charge in [-0.25, -0.2) is 8.42 Å². The monoisotopic (exact) mass is 331 g/mol. The summed E-state index contributed by atoms with van der Waals surface area (Å²) in [5.41, 5.74) is 0.911. The number of rotatable bonds is 5. The van der Waals surface area contributed by atoms with Gasteiger partial charge in [-0.1, -0.05) is 43.5 Å². The number of carbonyl (C=O) groups is 1. The average Bonchev–Trinajstić information content (AvgIpc) is 2.26. The van der Waals surface area contributed by atoms with E-state index in [2.05, 4.69) is 4.72 Å². The van der Waals surface area contributed by atoms with E-state index >= 15 is 0 Å². The second-order valence-electron chi connectivity index (χ2n) is 4.40. The van der Waals surface area contributed by atoms with Gasteiger partial charge in [0.1, 0.15) is 10.0 Å². The zero-order valence-corrected chi connectivity index (χ0v) is 14.1. The third-order valence-corrected chi connectivity index (χ3v) is 3.82. The maximum atomic E-state index is 11.9. The predicted molar refractivity (Wildman–Crippen MR) is 71.1 cm³/mol. The zero-order valence-electron chi connectivity index (χ0n) is 11.4. The van der Waals surface area contributed by atoms with Crippen LogP contribution in [0.2, 0.25) is 0 Å². The summed E-state index contributed by atoms with van der Waals surface area (Å²) in [6.45, 7) is 4.98. The third-order valence-electron chi connectivity index (χ3n) is 2.44. The number of hydrogen-bond donors (Lipinski definition) is 0. The van der Waals surface area contributed by atoms with Crippen LogP contribution >= 0.6 is 0 Å².